The normalized spacial score (nSPS) is 7.38. The van der Waals surface area contributed by atoms with Crippen molar-refractivity contribution in [3.8, 4) is 0 Å². The van der Waals surface area contributed by atoms with E-state index in [2.05, 4.69) is 0 Å². The van der Waals surface area contributed by atoms with Gasteiger partial charge in [-0.15, -0.1) is 0 Å². The van der Waals surface area contributed by atoms with Crippen LogP contribution < -0.4 is 0 Å². The maximum atomic E-state index is 8.88. The number of rotatable bonds is 0. The number of hydrogen-bond donors (Lipinski definition) is 3. The van der Waals surface area contributed by atoms with Gasteiger partial charge in [-0.2, -0.15) is 0 Å². The van der Waals surface area contributed by atoms with Gasteiger partial charge >= 0.3 is 91.7 Å². The molecule has 0 aromatic rings. The van der Waals surface area contributed by atoms with Crippen molar-refractivity contribution in [1.82, 2.24) is 0 Å². The first-order valence-electron chi connectivity index (χ1n) is 0.783. The fraction of sp³-hybridized carbons (Fsp3) is 0. The second kappa shape index (κ2) is 9.90. The maximum Gasteiger partial charge on any atom is 2.00 e. The van der Waals surface area contributed by atoms with Crippen molar-refractivity contribution in [2.75, 3.05) is 0 Å². The molecule has 0 spiro atoms. The molecule has 8 heavy (non-hydrogen) atoms. The van der Waals surface area contributed by atoms with Crippen LogP contribution in [0.3, 0.4) is 0 Å². The minimum Gasteiger partial charge on any atom is -1.00 e. The second-order valence-electron chi connectivity index (χ2n) is 0.513. The summed E-state index contributed by atoms with van der Waals surface area (Å²) >= 11 is 0. The summed E-state index contributed by atoms with van der Waals surface area (Å²) in [5.74, 6) is 0. The van der Waals surface area contributed by atoms with E-state index in [-0.39, 0.29) is 92.4 Å². The summed E-state index contributed by atoms with van der Waals surface area (Å²) in [6, 6.07) is 0. The quantitative estimate of drug-likeness (QED) is 0.326. The molecule has 0 radical (unpaired) electrons. The first kappa shape index (κ1) is 22.4. The van der Waals surface area contributed by atoms with Crippen LogP contribution in [0.4, 0.5) is 0 Å². The van der Waals surface area contributed by atoms with E-state index in [9.17, 15) is 0 Å². The molecule has 0 rings (SSSR count). The zero-order chi connectivity index (χ0) is 4.50. The Balaban J connectivity index is -0.00000000222. The number of hydrogen-bond acceptors (Lipinski definition) is 1. The van der Waals surface area contributed by atoms with Gasteiger partial charge in [-0.3, -0.25) is 0 Å². The van der Waals surface area contributed by atoms with Gasteiger partial charge in [-0.1, -0.05) is 0 Å². The Labute approximate surface area is 118 Å². The van der Waals surface area contributed by atoms with Crippen molar-refractivity contribution >= 4 is 91.7 Å². The molecule has 0 unspecified atom stereocenters. The third-order valence-corrected chi connectivity index (χ3v) is 0. The first-order chi connectivity index (χ1) is 2.00. The predicted molar refractivity (Wildman–Crippen MR) is 38.2 cm³/mol. The van der Waals surface area contributed by atoms with Gasteiger partial charge in [0.25, 0.3) is 0 Å². The smallest absolute Gasteiger partial charge is 1.00 e. The van der Waals surface area contributed by atoms with Gasteiger partial charge in [0.2, 0.25) is 0 Å². The molecular formula is H9CaMg2O4P. The van der Waals surface area contributed by atoms with E-state index >= 15 is 0 Å². The van der Waals surface area contributed by atoms with Crippen LogP contribution in [-0.4, -0.2) is 98.5 Å². The second-order valence-corrected chi connectivity index (χ2v) is 1.54. The molecule has 4 nitrogen and oxygen atoms in total. The fourth-order valence-electron chi connectivity index (χ4n) is 0. The topological polar surface area (TPSA) is 77.8 Å². The zero-order valence-electron chi connectivity index (χ0n) is 10.3. The van der Waals surface area contributed by atoms with Gasteiger partial charge < -0.3 is 23.2 Å². The van der Waals surface area contributed by atoms with E-state index in [1.54, 1.807) is 0 Å². The Bertz CT molecular complexity index is 74.0. The Morgan fingerprint density at radius 3 is 1.12 bits per heavy atom. The molecule has 0 aliphatic carbocycles. The van der Waals surface area contributed by atoms with Crippen LogP contribution in [0.25, 0.3) is 0 Å². The summed E-state index contributed by atoms with van der Waals surface area (Å²) in [7, 11) is -4.64. The average Bonchev–Trinajstić information content (AvgIpc) is 0.722. The minimum atomic E-state index is -4.64. The van der Waals surface area contributed by atoms with E-state index in [1.807, 2.05) is 0 Å². The van der Waals surface area contributed by atoms with E-state index in [0.29, 0.717) is 0 Å². The third kappa shape index (κ3) is 66.0. The van der Waals surface area contributed by atoms with Gasteiger partial charge in [0.15, 0.2) is 0 Å². The summed E-state index contributed by atoms with van der Waals surface area (Å²) < 4.78 is 8.88. The first-order valence-corrected chi connectivity index (χ1v) is 2.35. The molecule has 0 aromatic carbocycles. The van der Waals surface area contributed by atoms with E-state index in [4.69, 9.17) is 19.2 Å². The van der Waals surface area contributed by atoms with Gasteiger partial charge in [-0.25, -0.2) is 4.57 Å². The predicted octanol–water partition coefficient (Wildman–Crippen LogP) is -1.40. The summed E-state index contributed by atoms with van der Waals surface area (Å²) in [6.07, 6.45) is 0. The average molecular weight is 193 g/mol. The summed E-state index contributed by atoms with van der Waals surface area (Å²) in [5.41, 5.74) is 0. The fourth-order valence-corrected chi connectivity index (χ4v) is 0. The molecule has 44 valence electrons. The van der Waals surface area contributed by atoms with Crippen LogP contribution in [0.1, 0.15) is 8.56 Å². The molecule has 0 bridgehead atoms. The van der Waals surface area contributed by atoms with E-state index < -0.39 is 7.82 Å². The van der Waals surface area contributed by atoms with E-state index in [0.717, 1.165) is 0 Å². The van der Waals surface area contributed by atoms with Crippen molar-refractivity contribution in [1.29, 1.82) is 0 Å². The van der Waals surface area contributed by atoms with Gasteiger partial charge in [0.1, 0.15) is 0 Å². The maximum absolute atomic E-state index is 8.88. The van der Waals surface area contributed by atoms with Crippen LogP contribution in [0, 0.1) is 0 Å². The molecule has 0 amide bonds. The number of phosphoric acid groups is 1. The molecule has 0 saturated heterocycles. The Morgan fingerprint density at radius 1 is 1.12 bits per heavy atom. The zero-order valence-corrected chi connectivity index (χ0v) is 10.2. The Hall–Kier alpha value is 2.90. The van der Waals surface area contributed by atoms with Crippen LogP contribution in [0.2, 0.25) is 0 Å². The molecule has 0 heterocycles. The van der Waals surface area contributed by atoms with Crippen LogP contribution in [-0.2, 0) is 4.57 Å². The molecule has 0 saturated carbocycles. The van der Waals surface area contributed by atoms with Crippen molar-refractivity contribution in [3.63, 3.8) is 0 Å². The van der Waals surface area contributed by atoms with Crippen LogP contribution >= 0.6 is 7.82 Å². The summed E-state index contributed by atoms with van der Waals surface area (Å²) in [5, 5.41) is 0. The van der Waals surface area contributed by atoms with Crippen molar-refractivity contribution < 1.29 is 27.8 Å². The van der Waals surface area contributed by atoms with Gasteiger partial charge in [0.05, 0.1) is 0 Å². The standard InChI is InChI=1S/Ca.2Mg.H3O4P.6H/c;;;1-5(2,3)4;;;;;;/h;;;(H3,1,2,3,4);;;;;;/q3*+2;;6*-1. The molecule has 3 N–H and O–H groups in total. The molecular weight excluding hydrogens is 184 g/mol. The van der Waals surface area contributed by atoms with Crippen molar-refractivity contribution in [2.45, 2.75) is 0 Å². The third-order valence-electron chi connectivity index (χ3n) is 0. The minimum absolute atomic E-state index is 0. The summed E-state index contributed by atoms with van der Waals surface area (Å²) in [4.78, 5) is 21.6. The molecule has 8 heteroatoms. The Kier molecular flexibility index (Phi) is 27.8. The molecule has 0 aliphatic heterocycles. The summed E-state index contributed by atoms with van der Waals surface area (Å²) in [6.45, 7) is 0. The largest absolute Gasteiger partial charge is 2.00 e. The SMILES string of the molecule is O=P(O)(O)O.[Ca+2].[H-].[H-].[H-].[H-].[H-].[H-].[Mg+2].[Mg+2]. The molecule has 0 atom stereocenters. The van der Waals surface area contributed by atoms with E-state index in [1.165, 1.54) is 0 Å². The van der Waals surface area contributed by atoms with Crippen LogP contribution in [0.5, 0.6) is 0 Å². The molecule has 0 fully saturated rings. The van der Waals surface area contributed by atoms with Crippen molar-refractivity contribution in [2.24, 2.45) is 0 Å². The monoisotopic (exact) mass is 192 g/mol. The van der Waals surface area contributed by atoms with Gasteiger partial charge in [-0.05, 0) is 0 Å². The van der Waals surface area contributed by atoms with Crippen molar-refractivity contribution in [3.05, 3.63) is 0 Å². The van der Waals surface area contributed by atoms with Gasteiger partial charge in [0, 0.05) is 0 Å². The molecule has 0 aliphatic rings. The Morgan fingerprint density at radius 2 is 1.12 bits per heavy atom. The van der Waals surface area contributed by atoms with Crippen LogP contribution in [0.15, 0.2) is 0 Å². The molecule has 0 aromatic heterocycles.